The maximum Gasteiger partial charge on any atom is 0.250 e. The third kappa shape index (κ3) is 2.44. The van der Waals surface area contributed by atoms with Gasteiger partial charge in [0.15, 0.2) is 0 Å². The van der Waals surface area contributed by atoms with Crippen LogP contribution in [0.25, 0.3) is 0 Å². The van der Waals surface area contributed by atoms with E-state index in [0.717, 1.165) is 5.56 Å². The van der Waals surface area contributed by atoms with Crippen molar-refractivity contribution in [2.75, 3.05) is 0 Å². The summed E-state index contributed by atoms with van der Waals surface area (Å²) in [6, 6.07) is 6.97. The minimum atomic E-state index is -0.442. The minimum absolute atomic E-state index is 0.399. The van der Waals surface area contributed by atoms with Gasteiger partial charge in [0, 0.05) is 5.02 Å². The van der Waals surface area contributed by atoms with Crippen LogP contribution in [0.15, 0.2) is 24.3 Å². The maximum absolute atomic E-state index is 11.0. The van der Waals surface area contributed by atoms with Gasteiger partial charge in [0.25, 0.3) is 5.91 Å². The van der Waals surface area contributed by atoms with Crippen molar-refractivity contribution in [3.63, 3.8) is 0 Å². The fourth-order valence-corrected chi connectivity index (χ4v) is 1.22. The number of halogens is 1. The monoisotopic (exact) mass is 199 g/mol. The van der Waals surface area contributed by atoms with Gasteiger partial charge in [-0.25, -0.2) is 5.48 Å². The van der Waals surface area contributed by atoms with Crippen molar-refractivity contribution >= 4 is 17.5 Å². The molecule has 0 aliphatic heterocycles. The molecular formula is C9H10ClNO2. The lowest BCUT2D eigenvalue weighted by molar-refractivity contribution is -0.130. The molecule has 0 aliphatic carbocycles. The summed E-state index contributed by atoms with van der Waals surface area (Å²) >= 11 is 5.74. The van der Waals surface area contributed by atoms with Crippen LogP contribution in [0, 0.1) is 0 Å². The van der Waals surface area contributed by atoms with E-state index in [9.17, 15) is 4.79 Å². The molecule has 1 aromatic carbocycles. The van der Waals surface area contributed by atoms with E-state index in [0.29, 0.717) is 5.02 Å². The fraction of sp³-hybridized carbons (Fsp3) is 0.222. The van der Waals surface area contributed by atoms with Crippen LogP contribution in [-0.4, -0.2) is 11.1 Å². The van der Waals surface area contributed by atoms with Crippen LogP contribution in [0.3, 0.4) is 0 Å². The second kappa shape index (κ2) is 4.25. The number of carbonyl (C=O) groups is 1. The molecule has 1 unspecified atom stereocenters. The van der Waals surface area contributed by atoms with Crippen LogP contribution >= 0.6 is 11.6 Å². The van der Waals surface area contributed by atoms with Crippen LogP contribution in [0.4, 0.5) is 0 Å². The number of hydrogen-bond donors (Lipinski definition) is 2. The molecule has 0 bridgehead atoms. The molecule has 0 radical (unpaired) electrons. The number of nitrogens with one attached hydrogen (secondary N) is 1. The Balaban J connectivity index is 2.88. The summed E-state index contributed by atoms with van der Waals surface area (Å²) in [5, 5.41) is 8.98. The first kappa shape index (κ1) is 10.0. The Hall–Kier alpha value is -1.06. The van der Waals surface area contributed by atoms with E-state index in [1.54, 1.807) is 36.7 Å². The zero-order valence-corrected chi connectivity index (χ0v) is 7.88. The number of hydrogen-bond acceptors (Lipinski definition) is 2. The second-order valence-electron chi connectivity index (χ2n) is 2.75. The number of hydroxylamine groups is 1. The first-order valence-electron chi connectivity index (χ1n) is 3.84. The first-order chi connectivity index (χ1) is 6.15. The molecule has 4 heteroatoms. The van der Waals surface area contributed by atoms with Crippen LogP contribution in [-0.2, 0) is 4.79 Å². The third-order valence-corrected chi connectivity index (χ3v) is 2.09. The molecule has 3 nitrogen and oxygen atoms in total. The van der Waals surface area contributed by atoms with Crippen LogP contribution in [0.5, 0.6) is 0 Å². The lowest BCUT2D eigenvalue weighted by Crippen LogP contribution is -2.24. The molecule has 2 N–H and O–H groups in total. The SMILES string of the molecule is CC(C(=O)NO)c1cccc(Cl)c1. The third-order valence-electron chi connectivity index (χ3n) is 1.85. The highest BCUT2D eigenvalue weighted by atomic mass is 35.5. The zero-order chi connectivity index (χ0) is 9.84. The predicted molar refractivity (Wildman–Crippen MR) is 49.8 cm³/mol. The van der Waals surface area contributed by atoms with Gasteiger partial charge in [0.1, 0.15) is 0 Å². The Kier molecular flexibility index (Phi) is 3.28. The Morgan fingerprint density at radius 2 is 2.31 bits per heavy atom. The lowest BCUT2D eigenvalue weighted by atomic mass is 10.0. The van der Waals surface area contributed by atoms with E-state index in [-0.39, 0.29) is 0 Å². The molecule has 0 saturated carbocycles. The Bertz CT molecular complexity index is 314. The molecule has 0 spiro atoms. The molecule has 0 aliphatic rings. The minimum Gasteiger partial charge on any atom is -0.289 e. The predicted octanol–water partition coefficient (Wildman–Crippen LogP) is 1.95. The van der Waals surface area contributed by atoms with Crippen LogP contribution in [0.2, 0.25) is 5.02 Å². The molecule has 0 saturated heterocycles. The summed E-state index contributed by atoms with van der Waals surface area (Å²) in [6.07, 6.45) is 0. The molecular weight excluding hydrogens is 190 g/mol. The normalized spacial score (nSPS) is 12.2. The highest BCUT2D eigenvalue weighted by Crippen LogP contribution is 2.18. The van der Waals surface area contributed by atoms with E-state index >= 15 is 0 Å². The van der Waals surface area contributed by atoms with Gasteiger partial charge >= 0.3 is 0 Å². The lowest BCUT2D eigenvalue weighted by Gasteiger charge is -2.08. The summed E-state index contributed by atoms with van der Waals surface area (Å²) < 4.78 is 0. The van der Waals surface area contributed by atoms with Crippen molar-refractivity contribution in [2.24, 2.45) is 0 Å². The van der Waals surface area contributed by atoms with Crippen molar-refractivity contribution < 1.29 is 10.0 Å². The molecule has 1 aromatic rings. The van der Waals surface area contributed by atoms with Crippen molar-refractivity contribution in [2.45, 2.75) is 12.8 Å². The van der Waals surface area contributed by atoms with Gasteiger partial charge in [-0.15, -0.1) is 0 Å². The highest BCUT2D eigenvalue weighted by Gasteiger charge is 2.13. The molecule has 1 amide bonds. The molecule has 0 heterocycles. The first-order valence-corrected chi connectivity index (χ1v) is 4.22. The van der Waals surface area contributed by atoms with Crippen molar-refractivity contribution in [1.29, 1.82) is 0 Å². The van der Waals surface area contributed by atoms with E-state index in [1.807, 2.05) is 0 Å². The summed E-state index contributed by atoms with van der Waals surface area (Å²) in [4.78, 5) is 11.0. The van der Waals surface area contributed by atoms with Gasteiger partial charge in [-0.1, -0.05) is 23.7 Å². The van der Waals surface area contributed by atoms with Gasteiger partial charge in [0.2, 0.25) is 0 Å². The molecule has 70 valence electrons. The van der Waals surface area contributed by atoms with Gasteiger partial charge in [-0.05, 0) is 24.6 Å². The van der Waals surface area contributed by atoms with E-state index in [2.05, 4.69) is 0 Å². The molecule has 0 fully saturated rings. The quantitative estimate of drug-likeness (QED) is 0.565. The smallest absolute Gasteiger partial charge is 0.250 e. The number of carbonyl (C=O) groups excluding carboxylic acids is 1. The van der Waals surface area contributed by atoms with Gasteiger partial charge in [-0.3, -0.25) is 10.0 Å². The number of rotatable bonds is 2. The van der Waals surface area contributed by atoms with Crippen LogP contribution < -0.4 is 5.48 Å². The standard InChI is InChI=1S/C9H10ClNO2/c1-6(9(12)11-13)7-3-2-4-8(10)5-7/h2-6,13H,1H3,(H,11,12). The Morgan fingerprint density at radius 1 is 1.62 bits per heavy atom. The summed E-state index contributed by atoms with van der Waals surface area (Å²) in [5.41, 5.74) is 2.38. The molecule has 13 heavy (non-hydrogen) atoms. The van der Waals surface area contributed by atoms with E-state index in [1.165, 1.54) is 0 Å². The summed E-state index contributed by atoms with van der Waals surface area (Å²) in [6.45, 7) is 1.69. The number of benzene rings is 1. The highest BCUT2D eigenvalue weighted by molar-refractivity contribution is 6.30. The zero-order valence-electron chi connectivity index (χ0n) is 7.12. The van der Waals surface area contributed by atoms with E-state index < -0.39 is 11.8 Å². The second-order valence-corrected chi connectivity index (χ2v) is 3.19. The summed E-state index contributed by atoms with van der Waals surface area (Å²) in [7, 11) is 0. The average molecular weight is 200 g/mol. The largest absolute Gasteiger partial charge is 0.289 e. The molecule has 1 atom stereocenters. The van der Waals surface area contributed by atoms with E-state index in [4.69, 9.17) is 16.8 Å². The van der Waals surface area contributed by atoms with Crippen molar-refractivity contribution in [1.82, 2.24) is 5.48 Å². The molecule has 1 rings (SSSR count). The average Bonchev–Trinajstić information content (AvgIpc) is 2.15. The van der Waals surface area contributed by atoms with Crippen molar-refractivity contribution in [3.8, 4) is 0 Å². The van der Waals surface area contributed by atoms with Crippen LogP contribution in [0.1, 0.15) is 18.4 Å². The van der Waals surface area contributed by atoms with Crippen molar-refractivity contribution in [3.05, 3.63) is 34.9 Å². The Labute approximate surface area is 81.3 Å². The topological polar surface area (TPSA) is 49.3 Å². The number of amides is 1. The Morgan fingerprint density at radius 3 is 2.85 bits per heavy atom. The van der Waals surface area contributed by atoms with Gasteiger partial charge in [0.05, 0.1) is 5.92 Å². The maximum atomic E-state index is 11.0. The van der Waals surface area contributed by atoms with Gasteiger partial charge in [-0.2, -0.15) is 0 Å². The molecule has 0 aromatic heterocycles. The summed E-state index contributed by atoms with van der Waals surface area (Å²) in [5.74, 6) is -0.842. The van der Waals surface area contributed by atoms with Gasteiger partial charge < -0.3 is 0 Å². The fourth-order valence-electron chi connectivity index (χ4n) is 1.02.